The Bertz CT molecular complexity index is 1530. The maximum absolute atomic E-state index is 13.5. The molecule has 4 heterocycles. The fourth-order valence-electron chi connectivity index (χ4n) is 7.06. The number of amides is 1. The van der Waals surface area contributed by atoms with Crippen molar-refractivity contribution < 1.29 is 17.7 Å². The highest BCUT2D eigenvalue weighted by Gasteiger charge is 2.40. The van der Waals surface area contributed by atoms with Gasteiger partial charge >= 0.3 is 0 Å². The molecule has 3 aromatic rings. The van der Waals surface area contributed by atoms with Gasteiger partial charge < -0.3 is 9.80 Å². The van der Waals surface area contributed by atoms with E-state index in [4.69, 9.17) is 0 Å². The lowest BCUT2D eigenvalue weighted by atomic mass is 9.91. The molecular formula is C34H43N4O3S+. The number of sulfone groups is 1. The number of benzene rings is 3. The van der Waals surface area contributed by atoms with E-state index in [0.717, 1.165) is 41.4 Å². The smallest absolute Gasteiger partial charge is 0.255 e. The molecule has 3 saturated heterocycles. The molecule has 42 heavy (non-hydrogen) atoms. The van der Waals surface area contributed by atoms with Gasteiger partial charge in [0.15, 0.2) is 9.84 Å². The third-order valence-electron chi connectivity index (χ3n) is 9.53. The zero-order valence-electron chi connectivity index (χ0n) is 24.8. The molecule has 0 aliphatic carbocycles. The van der Waals surface area contributed by atoms with Crippen LogP contribution in [0.25, 0.3) is 0 Å². The predicted octanol–water partition coefficient (Wildman–Crippen LogP) is 5.00. The number of carbonyl (C=O) groups excluding carboxylic acids is 1. The molecule has 3 fully saturated rings. The van der Waals surface area contributed by atoms with Crippen molar-refractivity contribution in [3.63, 3.8) is 0 Å². The number of hydrogen-bond donors (Lipinski definition) is 2. The van der Waals surface area contributed by atoms with Crippen LogP contribution in [0.4, 0.5) is 5.69 Å². The maximum Gasteiger partial charge on any atom is 0.255 e. The number of fused-ring (bicyclic) bond motifs is 4. The van der Waals surface area contributed by atoms with Crippen molar-refractivity contribution in [2.75, 3.05) is 50.3 Å². The van der Waals surface area contributed by atoms with Gasteiger partial charge in [0, 0.05) is 42.0 Å². The largest absolute Gasteiger partial charge is 0.322 e. The number of hydrogen-bond acceptors (Lipinski definition) is 5. The first-order chi connectivity index (χ1) is 20.2. The average Bonchev–Trinajstić information content (AvgIpc) is 3.09. The fraction of sp³-hybridized carbons (Fsp3) is 0.441. The van der Waals surface area contributed by atoms with E-state index in [1.165, 1.54) is 44.8 Å². The average molecular weight is 588 g/mol. The van der Waals surface area contributed by atoms with Crippen LogP contribution in [-0.4, -0.2) is 74.3 Å². The second kappa shape index (κ2) is 11.6. The first kappa shape index (κ1) is 29.1. The normalized spacial score (nSPS) is 28.0. The Morgan fingerprint density at radius 2 is 1.71 bits per heavy atom. The number of nitrogens with one attached hydrogen (secondary N) is 2. The molecule has 4 aliphatic rings. The zero-order chi connectivity index (χ0) is 29.4. The summed E-state index contributed by atoms with van der Waals surface area (Å²) in [5.41, 5.74) is 3.69. The minimum Gasteiger partial charge on any atom is -0.322 e. The van der Waals surface area contributed by atoms with Gasteiger partial charge in [-0.15, -0.1) is 0 Å². The van der Waals surface area contributed by atoms with E-state index in [0.29, 0.717) is 16.1 Å². The highest BCUT2D eigenvalue weighted by Crippen LogP contribution is 2.37. The Balaban J connectivity index is 1.21. The second-order valence-electron chi connectivity index (χ2n) is 12.8. The van der Waals surface area contributed by atoms with Gasteiger partial charge in [-0.3, -0.25) is 15.0 Å². The number of anilines is 1. The Hall–Kier alpha value is -3.04. The molecule has 0 aromatic heterocycles. The summed E-state index contributed by atoms with van der Waals surface area (Å²) >= 11 is 0. The van der Waals surface area contributed by atoms with Gasteiger partial charge in [0.2, 0.25) is 0 Å². The molecule has 3 aromatic carbocycles. The number of rotatable bonds is 8. The van der Waals surface area contributed by atoms with Crippen molar-refractivity contribution >= 4 is 21.4 Å². The minimum absolute atomic E-state index is 0.0539. The van der Waals surface area contributed by atoms with Crippen LogP contribution in [0, 0.1) is 0 Å². The summed E-state index contributed by atoms with van der Waals surface area (Å²) in [7, 11) is -3.47. The molecule has 0 radical (unpaired) electrons. The molecule has 2 bridgehead atoms. The molecule has 1 unspecified atom stereocenters. The van der Waals surface area contributed by atoms with Crippen LogP contribution in [0.15, 0.2) is 77.7 Å². The molecule has 1 amide bonds. The van der Waals surface area contributed by atoms with E-state index in [9.17, 15) is 13.2 Å². The molecule has 222 valence electrons. The summed E-state index contributed by atoms with van der Waals surface area (Å²) in [6.45, 7) is 12.4. The molecule has 7 nitrogen and oxygen atoms in total. The maximum atomic E-state index is 13.5. The Morgan fingerprint density at radius 1 is 1.00 bits per heavy atom. The lowest BCUT2D eigenvalue weighted by Crippen LogP contribution is -2.66. The van der Waals surface area contributed by atoms with E-state index in [2.05, 4.69) is 34.6 Å². The number of piperazine rings is 3. The molecule has 8 heteroatoms. The van der Waals surface area contributed by atoms with Crippen LogP contribution in [0.1, 0.15) is 66.2 Å². The monoisotopic (exact) mass is 587 g/mol. The van der Waals surface area contributed by atoms with Gasteiger partial charge in [-0.25, -0.2) is 8.42 Å². The Labute approximate surface area is 250 Å². The van der Waals surface area contributed by atoms with Gasteiger partial charge in [0.1, 0.15) is 6.54 Å². The molecule has 7 rings (SSSR count). The van der Waals surface area contributed by atoms with Crippen LogP contribution in [0.2, 0.25) is 0 Å². The van der Waals surface area contributed by atoms with E-state index >= 15 is 0 Å². The van der Waals surface area contributed by atoms with Crippen molar-refractivity contribution in [3.05, 3.63) is 95.1 Å². The molecule has 4 aliphatic heterocycles. The summed E-state index contributed by atoms with van der Waals surface area (Å²) in [5.74, 6) is -0.0971. The van der Waals surface area contributed by atoms with Crippen molar-refractivity contribution in [2.24, 2.45) is 0 Å². The highest BCUT2D eigenvalue weighted by molar-refractivity contribution is 7.91. The van der Waals surface area contributed by atoms with E-state index in [1.807, 2.05) is 55.5 Å². The van der Waals surface area contributed by atoms with Crippen molar-refractivity contribution in [1.82, 2.24) is 10.2 Å². The third-order valence-corrected chi connectivity index (χ3v) is 11.6. The molecule has 0 spiro atoms. The highest BCUT2D eigenvalue weighted by atomic mass is 32.2. The summed E-state index contributed by atoms with van der Waals surface area (Å²) in [5, 5.41) is 6.80. The van der Waals surface area contributed by atoms with Crippen LogP contribution >= 0.6 is 0 Å². The number of carbonyl (C=O) groups is 1. The lowest BCUT2D eigenvalue weighted by molar-refractivity contribution is -0.953. The molecule has 2 N–H and O–H groups in total. The first-order valence-electron chi connectivity index (χ1n) is 15.3. The summed E-state index contributed by atoms with van der Waals surface area (Å²) < 4.78 is 28.1. The van der Waals surface area contributed by atoms with Gasteiger partial charge in [0.25, 0.3) is 5.91 Å². The van der Waals surface area contributed by atoms with Crippen molar-refractivity contribution in [3.8, 4) is 0 Å². The van der Waals surface area contributed by atoms with Gasteiger partial charge in [-0.1, -0.05) is 62.2 Å². The third kappa shape index (κ3) is 6.04. The van der Waals surface area contributed by atoms with Crippen LogP contribution < -0.4 is 10.6 Å². The number of unbranched alkanes of at least 4 members (excludes halogenated alkanes) is 1. The SMILES string of the molecule is CCCCC1(C)CS(=O)(=O)c2ccccc2[C@@H](c2cccc(NC(=O)c3ccc(C[N+]45CCN(CC4)CC5)cc3)c2)N1. The fourth-order valence-corrected chi connectivity index (χ4v) is 9.11. The summed E-state index contributed by atoms with van der Waals surface area (Å²) in [6.07, 6.45) is 2.70. The van der Waals surface area contributed by atoms with Gasteiger partial charge in [-0.2, -0.15) is 0 Å². The van der Waals surface area contributed by atoms with Crippen molar-refractivity contribution in [2.45, 2.75) is 56.1 Å². The van der Waals surface area contributed by atoms with Gasteiger partial charge in [-0.05, 0) is 54.8 Å². The van der Waals surface area contributed by atoms with E-state index in [-0.39, 0.29) is 17.7 Å². The minimum atomic E-state index is -3.47. The molecule has 2 atom stereocenters. The predicted molar refractivity (Wildman–Crippen MR) is 167 cm³/mol. The second-order valence-corrected chi connectivity index (χ2v) is 14.8. The number of quaternary nitrogens is 1. The quantitative estimate of drug-likeness (QED) is 0.363. The van der Waals surface area contributed by atoms with E-state index < -0.39 is 15.4 Å². The first-order valence-corrected chi connectivity index (χ1v) is 17.0. The molecular weight excluding hydrogens is 544 g/mol. The lowest BCUT2D eigenvalue weighted by Gasteiger charge is -2.50. The van der Waals surface area contributed by atoms with Crippen LogP contribution in [0.3, 0.4) is 0 Å². The van der Waals surface area contributed by atoms with E-state index in [1.54, 1.807) is 12.1 Å². The van der Waals surface area contributed by atoms with Crippen LogP contribution in [-0.2, 0) is 16.4 Å². The zero-order valence-corrected chi connectivity index (χ0v) is 25.6. The molecule has 0 saturated carbocycles. The standard InChI is InChI=1S/C34H42N4O3S/c1-3-4-16-34(2)25-42(40,41)31-11-6-5-10-30(31)32(36-34)28-8-7-9-29(23-28)35-33(39)27-14-12-26(13-15-27)24-38-20-17-37(18-21-38)19-22-38/h5-15,23,32,36H,3-4,16-22,24-25H2,1-2H3/p+1/t32-,34?/m1/s1. The van der Waals surface area contributed by atoms with Crippen LogP contribution in [0.5, 0.6) is 0 Å². The Morgan fingerprint density at radius 3 is 2.43 bits per heavy atom. The van der Waals surface area contributed by atoms with Crippen molar-refractivity contribution in [1.29, 1.82) is 0 Å². The summed E-state index contributed by atoms with van der Waals surface area (Å²) in [6, 6.07) is 22.8. The summed E-state index contributed by atoms with van der Waals surface area (Å²) in [4.78, 5) is 16.2. The van der Waals surface area contributed by atoms with Gasteiger partial charge in [0.05, 0.1) is 36.3 Å². The topological polar surface area (TPSA) is 78.5 Å². The Kier molecular flexibility index (Phi) is 8.00. The number of nitrogens with zero attached hydrogens (tertiary/aromatic N) is 2.